The van der Waals surface area contributed by atoms with E-state index >= 15 is 0 Å². The van der Waals surface area contributed by atoms with Gasteiger partial charge in [0.15, 0.2) is 16.9 Å². The van der Waals surface area contributed by atoms with Crippen LogP contribution in [0, 0.1) is 0 Å². The molecule has 0 spiro atoms. The van der Waals surface area contributed by atoms with Crippen LogP contribution in [-0.2, 0) is 23.9 Å². The zero-order valence-electron chi connectivity index (χ0n) is 33.2. The second-order valence-electron chi connectivity index (χ2n) is 16.6. The molecular formula is C41H45F2N11O7. The molecule has 1 aromatic carbocycles. The van der Waals surface area contributed by atoms with Crippen molar-refractivity contribution in [1.82, 2.24) is 39.8 Å². The molecule has 4 saturated heterocycles. The van der Waals surface area contributed by atoms with E-state index in [9.17, 15) is 28.0 Å². The van der Waals surface area contributed by atoms with Gasteiger partial charge in [-0.1, -0.05) is 11.2 Å². The van der Waals surface area contributed by atoms with Gasteiger partial charge in [0.2, 0.25) is 17.7 Å². The highest BCUT2D eigenvalue weighted by Crippen LogP contribution is 2.37. The number of nitrogens with one attached hydrogen (secondary N) is 3. The average Bonchev–Trinajstić information content (AvgIpc) is 4.11. The van der Waals surface area contributed by atoms with Crippen LogP contribution >= 0.6 is 0 Å². The Morgan fingerprint density at radius 3 is 2.56 bits per heavy atom. The lowest BCUT2D eigenvalue weighted by Gasteiger charge is -2.36. The first-order valence-corrected chi connectivity index (χ1v) is 20.9. The van der Waals surface area contributed by atoms with Gasteiger partial charge in [0.1, 0.15) is 17.1 Å². The smallest absolute Gasteiger partial charge is 0.284 e. The van der Waals surface area contributed by atoms with Crippen molar-refractivity contribution < 1.29 is 42.0 Å². The van der Waals surface area contributed by atoms with E-state index < -0.39 is 29.9 Å². The summed E-state index contributed by atoms with van der Waals surface area (Å²) in [6.07, 6.45) is 7.80. The van der Waals surface area contributed by atoms with Crippen LogP contribution in [0.1, 0.15) is 97.9 Å². The number of fused-ring (bicyclic) bond motifs is 4. The predicted molar refractivity (Wildman–Crippen MR) is 213 cm³/mol. The molecule has 320 valence electrons. The van der Waals surface area contributed by atoms with E-state index in [0.29, 0.717) is 72.8 Å². The molecule has 4 aromatic heterocycles. The van der Waals surface area contributed by atoms with Gasteiger partial charge in [-0.2, -0.15) is 10.2 Å². The number of hydrogen-bond acceptors (Lipinski definition) is 13. The second-order valence-corrected chi connectivity index (χ2v) is 16.6. The van der Waals surface area contributed by atoms with E-state index in [4.69, 9.17) is 19.0 Å². The standard InChI is InChI=1S/C41H45F2N11O7/c42-38(43)36-31(46-41(58)29-17-44-53-15-12-32(47-39(29)53)52-18-26-16-23(52)21-59-26)19-54(49-36)22-4-6-24(7-5-22)60-25-10-13-51(14-11-25)20-34(56)45-30-3-1-2-27-35(50-61-37(27)30)28-8-9-33(55)48-40(28)57/h1-3,12,15,17,19,22-26,28,38H,4-11,13-14,16,18,20-21H2,(H,45,56)(H,46,58)(H,48,55,57). The Morgan fingerprint density at radius 1 is 0.984 bits per heavy atom. The molecule has 5 fully saturated rings. The molecule has 8 heterocycles. The van der Waals surface area contributed by atoms with Crippen LogP contribution in [0.25, 0.3) is 16.6 Å². The first-order chi connectivity index (χ1) is 29.6. The molecule has 0 radical (unpaired) electrons. The maximum Gasteiger partial charge on any atom is 0.284 e. The molecular weight excluding hydrogens is 797 g/mol. The van der Waals surface area contributed by atoms with Crippen LogP contribution in [0.4, 0.5) is 26.0 Å². The number of imide groups is 1. The van der Waals surface area contributed by atoms with Crippen molar-refractivity contribution in [2.24, 2.45) is 0 Å². The van der Waals surface area contributed by atoms with Gasteiger partial charge in [-0.05, 0) is 69.6 Å². The van der Waals surface area contributed by atoms with Gasteiger partial charge in [0.05, 0.1) is 67.0 Å². The number of piperidine rings is 2. The van der Waals surface area contributed by atoms with Gasteiger partial charge in [-0.3, -0.25) is 34.1 Å². The van der Waals surface area contributed by atoms with E-state index in [1.54, 1.807) is 29.1 Å². The fourth-order valence-electron chi connectivity index (χ4n) is 9.50. The minimum atomic E-state index is -2.89. The number of alkyl halides is 2. The molecule has 1 aliphatic carbocycles. The van der Waals surface area contributed by atoms with Crippen molar-refractivity contribution in [2.45, 2.75) is 101 Å². The Labute approximate surface area is 347 Å². The number of amides is 4. The summed E-state index contributed by atoms with van der Waals surface area (Å²) in [6, 6.07) is 7.22. The van der Waals surface area contributed by atoms with Crippen LogP contribution in [0.2, 0.25) is 0 Å². The van der Waals surface area contributed by atoms with E-state index in [2.05, 4.69) is 41.1 Å². The highest BCUT2D eigenvalue weighted by Gasteiger charge is 2.40. The third-order valence-corrected chi connectivity index (χ3v) is 12.7. The average molecular weight is 842 g/mol. The molecule has 4 aliphatic heterocycles. The maximum absolute atomic E-state index is 14.3. The van der Waals surface area contributed by atoms with Crippen molar-refractivity contribution in [3.63, 3.8) is 0 Å². The monoisotopic (exact) mass is 841 g/mol. The van der Waals surface area contributed by atoms with Gasteiger partial charge in [0.25, 0.3) is 12.3 Å². The number of anilines is 3. The molecule has 5 aliphatic rings. The lowest BCUT2D eigenvalue weighted by atomic mass is 9.92. The first-order valence-electron chi connectivity index (χ1n) is 20.9. The third-order valence-electron chi connectivity index (χ3n) is 12.7. The zero-order chi connectivity index (χ0) is 41.8. The third kappa shape index (κ3) is 7.83. The number of rotatable bonds is 11. The molecule has 5 aromatic rings. The van der Waals surface area contributed by atoms with Gasteiger partial charge in [-0.25, -0.2) is 18.3 Å². The van der Waals surface area contributed by atoms with E-state index in [-0.39, 0.29) is 66.4 Å². The number of likely N-dealkylation sites (tertiary alicyclic amines) is 1. The van der Waals surface area contributed by atoms with Crippen LogP contribution in [0.5, 0.6) is 0 Å². The summed E-state index contributed by atoms with van der Waals surface area (Å²) >= 11 is 0. The Morgan fingerprint density at radius 2 is 1.80 bits per heavy atom. The van der Waals surface area contributed by atoms with Gasteiger partial charge >= 0.3 is 0 Å². The molecule has 3 N–H and O–H groups in total. The first kappa shape index (κ1) is 39.3. The largest absolute Gasteiger partial charge is 0.375 e. The van der Waals surface area contributed by atoms with Crippen molar-refractivity contribution in [1.29, 1.82) is 0 Å². The quantitative estimate of drug-likeness (QED) is 0.159. The maximum atomic E-state index is 14.3. The summed E-state index contributed by atoms with van der Waals surface area (Å²) in [4.78, 5) is 59.7. The fourth-order valence-corrected chi connectivity index (χ4v) is 9.50. The van der Waals surface area contributed by atoms with Crippen LogP contribution < -0.4 is 20.9 Å². The molecule has 18 nitrogen and oxygen atoms in total. The number of benzene rings is 1. The molecule has 20 heteroatoms. The Bertz CT molecular complexity index is 2490. The van der Waals surface area contributed by atoms with Crippen LogP contribution in [0.15, 0.2) is 47.4 Å². The molecule has 3 unspecified atom stereocenters. The molecule has 10 rings (SSSR count). The fraction of sp³-hybridized carbons (Fsp3) is 0.512. The molecule has 3 atom stereocenters. The highest BCUT2D eigenvalue weighted by molar-refractivity contribution is 6.08. The predicted octanol–water partition coefficient (Wildman–Crippen LogP) is 4.36. The molecule has 1 saturated carbocycles. The summed E-state index contributed by atoms with van der Waals surface area (Å²) in [5.41, 5.74) is 1.25. The van der Waals surface area contributed by atoms with Crippen molar-refractivity contribution in [3.8, 4) is 0 Å². The van der Waals surface area contributed by atoms with Crippen molar-refractivity contribution in [2.75, 3.05) is 48.3 Å². The number of para-hydroxylation sites is 1. The van der Waals surface area contributed by atoms with Crippen LogP contribution in [0.3, 0.4) is 0 Å². The molecule has 61 heavy (non-hydrogen) atoms. The number of aromatic nitrogens is 6. The zero-order valence-corrected chi connectivity index (χ0v) is 33.2. The topological polar surface area (TPSA) is 203 Å². The Hall–Kier alpha value is -5.86. The minimum Gasteiger partial charge on any atom is -0.375 e. The minimum absolute atomic E-state index is 0.0177. The summed E-state index contributed by atoms with van der Waals surface area (Å²) in [5.74, 6) is -1.41. The number of morpholine rings is 1. The Kier molecular flexibility index (Phi) is 10.4. The van der Waals surface area contributed by atoms with Gasteiger partial charge < -0.3 is 29.5 Å². The molecule has 2 bridgehead atoms. The lowest BCUT2D eigenvalue weighted by Crippen LogP contribution is -2.42. The second kappa shape index (κ2) is 16.2. The molecule has 4 amide bonds. The highest BCUT2D eigenvalue weighted by atomic mass is 19.3. The van der Waals surface area contributed by atoms with Crippen molar-refractivity contribution in [3.05, 3.63) is 59.8 Å². The van der Waals surface area contributed by atoms with Crippen LogP contribution in [-0.4, -0.2) is 115 Å². The summed E-state index contributed by atoms with van der Waals surface area (Å²) in [5, 5.41) is 21.2. The number of nitrogens with zero attached hydrogens (tertiary/aromatic N) is 8. The number of hydrogen-bond donors (Lipinski definition) is 3. The van der Waals surface area contributed by atoms with E-state index in [1.807, 2.05) is 6.07 Å². The van der Waals surface area contributed by atoms with Gasteiger partial charge in [-0.15, -0.1) is 0 Å². The SMILES string of the molecule is O=C1CCC(c2noc3c(NC(=O)CN4CCC(OC5CCC(n6cc(NC(=O)c7cnn8ccc(N9CC%10CC9CO%10)nc78)c(C(F)F)n6)CC5)CC4)cccc23)C(=O)N1. The lowest BCUT2D eigenvalue weighted by molar-refractivity contribution is -0.134. The number of carbonyl (C=O) groups excluding carboxylic acids is 4. The summed E-state index contributed by atoms with van der Waals surface area (Å²) in [7, 11) is 0. The Balaban J connectivity index is 0.699. The van der Waals surface area contributed by atoms with E-state index in [1.165, 1.54) is 16.9 Å². The number of ether oxygens (including phenoxy) is 2. The summed E-state index contributed by atoms with van der Waals surface area (Å²) < 4.78 is 49.4. The summed E-state index contributed by atoms with van der Waals surface area (Å²) in [6.45, 7) is 2.90. The number of halogens is 2. The number of carbonyl (C=O) groups is 4. The van der Waals surface area contributed by atoms with Gasteiger partial charge in [0, 0.05) is 43.8 Å². The van der Waals surface area contributed by atoms with Crippen molar-refractivity contribution >= 4 is 57.4 Å². The normalized spacial score (nSPS) is 24.9. The van der Waals surface area contributed by atoms with E-state index in [0.717, 1.165) is 38.6 Å².